The van der Waals surface area contributed by atoms with Gasteiger partial charge >= 0.3 is 0 Å². The maximum absolute atomic E-state index is 12.3. The highest BCUT2D eigenvalue weighted by molar-refractivity contribution is 7.89. The van der Waals surface area contributed by atoms with E-state index in [9.17, 15) is 8.42 Å². The quantitative estimate of drug-likeness (QED) is 0.589. The zero-order valence-corrected chi connectivity index (χ0v) is 17.3. The van der Waals surface area contributed by atoms with Gasteiger partial charge in [-0.3, -0.25) is 0 Å². The van der Waals surface area contributed by atoms with Crippen LogP contribution in [0.4, 0.5) is 11.6 Å². The van der Waals surface area contributed by atoms with Crippen molar-refractivity contribution in [2.75, 3.05) is 11.9 Å². The Kier molecular flexibility index (Phi) is 5.33. The van der Waals surface area contributed by atoms with Crippen LogP contribution < -0.4 is 10.0 Å². The van der Waals surface area contributed by atoms with Crippen LogP contribution in [0.2, 0.25) is 0 Å². The Balaban J connectivity index is 1.49. The van der Waals surface area contributed by atoms with E-state index < -0.39 is 10.0 Å². The summed E-state index contributed by atoms with van der Waals surface area (Å²) in [5, 5.41) is 3.13. The first-order valence-electron chi connectivity index (χ1n) is 9.68. The Hall–Kier alpha value is -2.78. The molecule has 2 N–H and O–H groups in total. The average Bonchev–Trinajstić information content (AvgIpc) is 3.48. The van der Waals surface area contributed by atoms with Crippen LogP contribution in [0, 0.1) is 12.8 Å². The van der Waals surface area contributed by atoms with E-state index in [0.717, 1.165) is 36.6 Å². The number of rotatable bonds is 8. The maximum atomic E-state index is 12.3. The van der Waals surface area contributed by atoms with E-state index in [1.165, 1.54) is 0 Å². The number of aromatic nitrogens is 4. The fourth-order valence-electron chi connectivity index (χ4n) is 3.11. The van der Waals surface area contributed by atoms with E-state index in [-0.39, 0.29) is 4.90 Å². The van der Waals surface area contributed by atoms with Gasteiger partial charge < -0.3 is 9.88 Å². The van der Waals surface area contributed by atoms with Crippen molar-refractivity contribution in [1.82, 2.24) is 24.2 Å². The first-order chi connectivity index (χ1) is 14.0. The zero-order valence-electron chi connectivity index (χ0n) is 16.5. The van der Waals surface area contributed by atoms with Gasteiger partial charge in [-0.25, -0.2) is 28.1 Å². The number of sulfonamides is 1. The summed E-state index contributed by atoms with van der Waals surface area (Å²) in [5.41, 5.74) is 2.41. The van der Waals surface area contributed by atoms with Crippen molar-refractivity contribution in [1.29, 1.82) is 0 Å². The first-order valence-corrected chi connectivity index (χ1v) is 11.2. The predicted octanol–water partition coefficient (Wildman–Crippen LogP) is 3.10. The summed E-state index contributed by atoms with van der Waals surface area (Å²) in [6.45, 7) is 5.34. The Morgan fingerprint density at radius 1 is 1.14 bits per heavy atom. The molecular formula is C20H24N6O2S. The van der Waals surface area contributed by atoms with Crippen LogP contribution in [0.25, 0.3) is 11.4 Å². The number of aryl methyl sites for hydroxylation is 1. The maximum Gasteiger partial charge on any atom is 0.240 e. The third kappa shape index (κ3) is 4.46. The lowest BCUT2D eigenvalue weighted by Crippen LogP contribution is -2.25. The second-order valence-corrected chi connectivity index (χ2v) is 8.91. The van der Waals surface area contributed by atoms with Crippen molar-refractivity contribution in [3.8, 4) is 11.4 Å². The van der Waals surface area contributed by atoms with Gasteiger partial charge in [0.15, 0.2) is 0 Å². The van der Waals surface area contributed by atoms with Gasteiger partial charge in [-0.1, -0.05) is 0 Å². The third-order valence-electron chi connectivity index (χ3n) is 4.97. The van der Waals surface area contributed by atoms with Crippen molar-refractivity contribution in [3.05, 3.63) is 48.5 Å². The topological polar surface area (TPSA) is 102 Å². The highest BCUT2D eigenvalue weighted by Gasteiger charge is 2.24. The molecule has 3 aromatic rings. The van der Waals surface area contributed by atoms with Gasteiger partial charge in [0.1, 0.15) is 5.82 Å². The Bertz CT molecular complexity index is 1100. The van der Waals surface area contributed by atoms with E-state index >= 15 is 0 Å². The second kappa shape index (κ2) is 7.92. The van der Waals surface area contributed by atoms with Gasteiger partial charge in [-0.2, -0.15) is 0 Å². The van der Waals surface area contributed by atoms with Crippen molar-refractivity contribution in [2.45, 2.75) is 38.1 Å². The predicted molar refractivity (Wildman–Crippen MR) is 111 cm³/mol. The largest absolute Gasteiger partial charge is 0.327 e. The number of anilines is 2. The standard InChI is InChI=1S/C20H24N6O2S/c1-3-26-14(2)22-13-19(26)18-10-11-21-20(25-18)24-16-6-8-17(9-7-16)29(27,28)23-12-15-4-5-15/h6-11,13,15,23H,3-5,12H2,1-2H3,(H,21,24,25). The molecule has 0 amide bonds. The fourth-order valence-corrected chi connectivity index (χ4v) is 4.23. The van der Waals surface area contributed by atoms with Gasteiger partial charge in [0.25, 0.3) is 0 Å². The number of nitrogens with one attached hydrogen (secondary N) is 2. The van der Waals surface area contributed by atoms with Crippen LogP contribution in [-0.4, -0.2) is 34.5 Å². The highest BCUT2D eigenvalue weighted by Crippen LogP contribution is 2.28. The van der Waals surface area contributed by atoms with Crippen molar-refractivity contribution >= 4 is 21.7 Å². The smallest absolute Gasteiger partial charge is 0.240 e. The van der Waals surface area contributed by atoms with Gasteiger partial charge in [-0.15, -0.1) is 0 Å². The molecule has 0 saturated heterocycles. The molecule has 1 aromatic carbocycles. The molecule has 9 heteroatoms. The zero-order chi connectivity index (χ0) is 20.4. The molecule has 0 bridgehead atoms. The molecule has 8 nitrogen and oxygen atoms in total. The molecule has 1 aliphatic rings. The number of nitrogens with zero attached hydrogens (tertiary/aromatic N) is 4. The summed E-state index contributed by atoms with van der Waals surface area (Å²) in [6.07, 6.45) is 5.69. The SMILES string of the molecule is CCn1c(-c2ccnc(Nc3ccc(S(=O)(=O)NCC4CC4)cc3)n2)cnc1C. The molecule has 152 valence electrons. The van der Waals surface area contributed by atoms with Gasteiger partial charge in [0, 0.05) is 25.0 Å². The highest BCUT2D eigenvalue weighted by atomic mass is 32.2. The molecule has 4 rings (SSSR count). The molecule has 1 saturated carbocycles. The van der Waals surface area contributed by atoms with E-state index in [2.05, 4.69) is 36.5 Å². The summed E-state index contributed by atoms with van der Waals surface area (Å²) in [5.74, 6) is 1.86. The van der Waals surface area contributed by atoms with Crippen LogP contribution >= 0.6 is 0 Å². The normalized spacial score (nSPS) is 14.1. The number of benzene rings is 1. The first kappa shape index (κ1) is 19.5. The molecule has 2 aromatic heterocycles. The van der Waals surface area contributed by atoms with E-state index in [1.807, 2.05) is 13.0 Å². The van der Waals surface area contributed by atoms with Crippen LogP contribution in [0.5, 0.6) is 0 Å². The lowest BCUT2D eigenvalue weighted by Gasteiger charge is -2.10. The molecular weight excluding hydrogens is 388 g/mol. The minimum atomic E-state index is -3.47. The summed E-state index contributed by atoms with van der Waals surface area (Å²) in [4.78, 5) is 13.5. The monoisotopic (exact) mass is 412 g/mol. The molecule has 0 aliphatic heterocycles. The summed E-state index contributed by atoms with van der Waals surface area (Å²) in [7, 11) is -3.47. The van der Waals surface area contributed by atoms with Crippen molar-refractivity contribution in [3.63, 3.8) is 0 Å². The number of hydrogen-bond acceptors (Lipinski definition) is 6. The summed E-state index contributed by atoms with van der Waals surface area (Å²) < 4.78 is 29.4. The van der Waals surface area contributed by atoms with Crippen LogP contribution in [0.3, 0.4) is 0 Å². The van der Waals surface area contributed by atoms with Gasteiger partial charge in [-0.05, 0) is 62.9 Å². The minimum absolute atomic E-state index is 0.251. The number of hydrogen-bond donors (Lipinski definition) is 2. The lowest BCUT2D eigenvalue weighted by atomic mass is 10.3. The van der Waals surface area contributed by atoms with E-state index in [1.54, 1.807) is 36.7 Å². The minimum Gasteiger partial charge on any atom is -0.327 e. The molecule has 2 heterocycles. The van der Waals surface area contributed by atoms with E-state index in [0.29, 0.717) is 24.1 Å². The second-order valence-electron chi connectivity index (χ2n) is 7.15. The fraction of sp³-hybridized carbons (Fsp3) is 0.350. The summed E-state index contributed by atoms with van der Waals surface area (Å²) in [6, 6.07) is 8.42. The summed E-state index contributed by atoms with van der Waals surface area (Å²) >= 11 is 0. The Morgan fingerprint density at radius 3 is 2.59 bits per heavy atom. The molecule has 1 fully saturated rings. The third-order valence-corrected chi connectivity index (χ3v) is 6.41. The molecule has 29 heavy (non-hydrogen) atoms. The Morgan fingerprint density at radius 2 is 1.90 bits per heavy atom. The van der Waals surface area contributed by atoms with Crippen molar-refractivity contribution < 1.29 is 8.42 Å². The van der Waals surface area contributed by atoms with Gasteiger partial charge in [0.2, 0.25) is 16.0 Å². The van der Waals surface area contributed by atoms with Gasteiger partial charge in [0.05, 0.1) is 22.5 Å². The molecule has 0 atom stereocenters. The average molecular weight is 413 g/mol. The molecule has 0 radical (unpaired) electrons. The lowest BCUT2D eigenvalue weighted by molar-refractivity contribution is 0.577. The Labute approximate surface area is 170 Å². The molecule has 1 aliphatic carbocycles. The molecule has 0 unspecified atom stereocenters. The van der Waals surface area contributed by atoms with E-state index in [4.69, 9.17) is 0 Å². The van der Waals surface area contributed by atoms with Crippen LogP contribution in [0.15, 0.2) is 47.6 Å². The molecule has 0 spiro atoms. The van der Waals surface area contributed by atoms with Crippen molar-refractivity contribution in [2.24, 2.45) is 5.92 Å². The van der Waals surface area contributed by atoms with Crippen LogP contribution in [0.1, 0.15) is 25.6 Å². The number of imidazole rings is 1. The van der Waals surface area contributed by atoms with Crippen LogP contribution in [-0.2, 0) is 16.6 Å².